The Balaban J connectivity index is 0.00000192. The third-order valence-electron chi connectivity index (χ3n) is 4.32. The molecule has 0 fully saturated rings. The van der Waals surface area contributed by atoms with E-state index in [0.29, 0.717) is 18.8 Å². The highest BCUT2D eigenvalue weighted by Gasteiger charge is 2.22. The first-order valence-corrected chi connectivity index (χ1v) is 8.21. The van der Waals surface area contributed by atoms with Crippen LogP contribution in [0.25, 0.3) is 0 Å². The third kappa shape index (κ3) is 4.98. The van der Waals surface area contributed by atoms with Gasteiger partial charge in [-0.15, -0.1) is 0 Å². The van der Waals surface area contributed by atoms with E-state index in [4.69, 9.17) is 9.47 Å². The Bertz CT molecular complexity index is 547. The van der Waals surface area contributed by atoms with Gasteiger partial charge in [0.05, 0.1) is 13.0 Å². The van der Waals surface area contributed by atoms with Crippen molar-refractivity contribution in [2.24, 2.45) is 5.92 Å². The summed E-state index contributed by atoms with van der Waals surface area (Å²) >= 11 is 0. The van der Waals surface area contributed by atoms with Gasteiger partial charge in [-0.05, 0) is 31.4 Å². The molecule has 0 bridgehead atoms. The van der Waals surface area contributed by atoms with E-state index in [0.717, 1.165) is 43.9 Å². The van der Waals surface area contributed by atoms with Gasteiger partial charge in [-0.25, -0.2) is 0 Å². The van der Waals surface area contributed by atoms with Gasteiger partial charge in [0.2, 0.25) is 0 Å². The minimum absolute atomic E-state index is 0. The first kappa shape index (κ1) is 17.8. The quantitative estimate of drug-likeness (QED) is 0.519. The molecule has 3 rings (SSSR count). The van der Waals surface area contributed by atoms with Crippen molar-refractivity contribution in [3.05, 3.63) is 36.4 Å². The van der Waals surface area contributed by atoms with E-state index < -0.39 is 0 Å². The number of carbonyl (C=O) groups excluding carboxylic acids is 1. The molecule has 2 aliphatic rings. The van der Waals surface area contributed by atoms with Crippen molar-refractivity contribution in [2.45, 2.75) is 31.8 Å². The maximum Gasteiger partial charge on any atom is 0.181 e. The summed E-state index contributed by atoms with van der Waals surface area (Å²) in [5.74, 6) is 2.29. The van der Waals surface area contributed by atoms with Crippen molar-refractivity contribution in [3.8, 4) is 11.5 Å². The monoisotopic (exact) mass is 337 g/mol. The van der Waals surface area contributed by atoms with Crippen molar-refractivity contribution in [3.63, 3.8) is 0 Å². The fraction of sp³-hybridized carbons (Fsp3) is 0.500. The lowest BCUT2D eigenvalue weighted by molar-refractivity contribution is -0.659. The van der Waals surface area contributed by atoms with E-state index in [-0.39, 0.29) is 24.4 Å². The number of halogens is 1. The fourth-order valence-corrected chi connectivity index (χ4v) is 3.02. The second-order valence-electron chi connectivity index (χ2n) is 6.01. The fourth-order valence-electron chi connectivity index (χ4n) is 3.02. The van der Waals surface area contributed by atoms with Crippen LogP contribution in [0, 0.1) is 5.92 Å². The van der Waals surface area contributed by atoms with Crippen LogP contribution in [0.2, 0.25) is 0 Å². The van der Waals surface area contributed by atoms with Gasteiger partial charge >= 0.3 is 0 Å². The van der Waals surface area contributed by atoms with Gasteiger partial charge in [0.1, 0.15) is 18.9 Å². The molecule has 0 aromatic heterocycles. The molecule has 0 spiro atoms. The van der Waals surface area contributed by atoms with Crippen LogP contribution < -0.4 is 27.2 Å². The Morgan fingerprint density at radius 1 is 1.22 bits per heavy atom. The van der Waals surface area contributed by atoms with Crippen LogP contribution >= 0.6 is 0 Å². The number of para-hydroxylation sites is 2. The van der Waals surface area contributed by atoms with Crippen molar-refractivity contribution in [2.75, 3.05) is 19.7 Å². The Morgan fingerprint density at radius 2 is 2.04 bits per heavy atom. The Morgan fingerprint density at radius 3 is 2.83 bits per heavy atom. The van der Waals surface area contributed by atoms with E-state index in [1.54, 1.807) is 0 Å². The topological polar surface area (TPSA) is 52.1 Å². The number of hydrogen-bond acceptors (Lipinski definition) is 3. The van der Waals surface area contributed by atoms with Crippen LogP contribution in [-0.2, 0) is 4.79 Å². The van der Waals surface area contributed by atoms with E-state index in [1.165, 1.54) is 0 Å². The van der Waals surface area contributed by atoms with Gasteiger partial charge in [0, 0.05) is 5.92 Å². The molecule has 1 aliphatic carbocycles. The first-order valence-electron chi connectivity index (χ1n) is 8.21. The number of rotatable bonds is 6. The van der Waals surface area contributed by atoms with Gasteiger partial charge in [0.15, 0.2) is 17.6 Å². The number of fused-ring (bicyclic) bond motifs is 1. The van der Waals surface area contributed by atoms with Gasteiger partial charge < -0.3 is 27.2 Å². The predicted molar refractivity (Wildman–Crippen MR) is 84.1 cm³/mol. The summed E-state index contributed by atoms with van der Waals surface area (Å²) in [4.78, 5) is 12.1. The van der Waals surface area contributed by atoms with Crippen molar-refractivity contribution >= 4 is 5.78 Å². The maximum atomic E-state index is 12.1. The molecule has 4 nitrogen and oxygen atoms in total. The predicted octanol–water partition coefficient (Wildman–Crippen LogP) is -1.29. The number of nitrogens with two attached hydrogens (primary N) is 1. The van der Waals surface area contributed by atoms with Crippen molar-refractivity contribution in [1.29, 1.82) is 0 Å². The molecule has 0 saturated heterocycles. The Hall–Kier alpha value is -1.52. The minimum Gasteiger partial charge on any atom is -1.00 e. The molecule has 0 radical (unpaired) electrons. The first-order chi connectivity index (χ1) is 10.8. The summed E-state index contributed by atoms with van der Waals surface area (Å²) in [5, 5.41) is 2.17. The third-order valence-corrected chi connectivity index (χ3v) is 4.32. The standard InChI is InChI=1S/C18H23NO3.ClH/c20-16(14-6-2-1-3-7-14)10-11-19-12-15-13-21-17-8-4-5-9-18(17)22-15;/h1-2,4-5,8-9,14-15,19H,3,6-7,10-13H2;1H. The summed E-state index contributed by atoms with van der Waals surface area (Å²) in [6.07, 6.45) is 8.02. The number of benzene rings is 1. The van der Waals surface area contributed by atoms with E-state index in [2.05, 4.69) is 17.5 Å². The maximum absolute atomic E-state index is 12.1. The molecule has 23 heavy (non-hydrogen) atoms. The van der Waals surface area contributed by atoms with Crippen molar-refractivity contribution < 1.29 is 32.0 Å². The normalized spacial score (nSPS) is 22.3. The molecule has 0 saturated carbocycles. The van der Waals surface area contributed by atoms with Crippen LogP contribution in [0.5, 0.6) is 11.5 Å². The lowest BCUT2D eigenvalue weighted by Gasteiger charge is -2.25. The highest BCUT2D eigenvalue weighted by Crippen LogP contribution is 2.30. The molecular formula is C18H24ClNO3. The lowest BCUT2D eigenvalue weighted by Crippen LogP contribution is -3.00. The SMILES string of the molecule is O=C(CC[NH2+]CC1COc2ccccc2O1)C1CC=CCC1.[Cl-]. The second kappa shape index (κ2) is 8.94. The largest absolute Gasteiger partial charge is 1.00 e. The summed E-state index contributed by atoms with van der Waals surface area (Å²) in [6, 6.07) is 7.75. The number of ketones is 1. The molecular weight excluding hydrogens is 314 g/mol. The molecule has 1 aromatic carbocycles. The molecule has 1 aliphatic heterocycles. The average Bonchev–Trinajstić information content (AvgIpc) is 2.59. The van der Waals surface area contributed by atoms with E-state index >= 15 is 0 Å². The zero-order valence-electron chi connectivity index (χ0n) is 13.2. The van der Waals surface area contributed by atoms with Gasteiger partial charge in [0.25, 0.3) is 0 Å². The average molecular weight is 338 g/mol. The zero-order valence-corrected chi connectivity index (χ0v) is 14.0. The zero-order chi connectivity index (χ0) is 15.2. The van der Waals surface area contributed by atoms with Crippen LogP contribution in [0.15, 0.2) is 36.4 Å². The summed E-state index contributed by atoms with van der Waals surface area (Å²) in [6.45, 7) is 2.24. The molecule has 1 heterocycles. The van der Waals surface area contributed by atoms with Crippen LogP contribution in [0.3, 0.4) is 0 Å². The molecule has 2 atom stereocenters. The lowest BCUT2D eigenvalue weighted by atomic mass is 9.89. The summed E-state index contributed by atoms with van der Waals surface area (Å²) in [5.41, 5.74) is 0. The number of Topliss-reactive ketones (excluding diaryl/α,β-unsaturated/α-hetero) is 1. The highest BCUT2D eigenvalue weighted by atomic mass is 35.5. The molecule has 126 valence electrons. The molecule has 2 unspecified atom stereocenters. The van der Waals surface area contributed by atoms with Crippen LogP contribution in [-0.4, -0.2) is 31.6 Å². The van der Waals surface area contributed by atoms with E-state index in [9.17, 15) is 4.79 Å². The molecule has 2 N–H and O–H groups in total. The molecule has 5 heteroatoms. The number of ether oxygens (including phenoxy) is 2. The Kier molecular flexibility index (Phi) is 6.93. The van der Waals surface area contributed by atoms with Gasteiger partial charge in [-0.1, -0.05) is 24.3 Å². The van der Waals surface area contributed by atoms with Crippen LogP contribution in [0.4, 0.5) is 0 Å². The molecule has 0 amide bonds. The second-order valence-corrected chi connectivity index (χ2v) is 6.01. The highest BCUT2D eigenvalue weighted by molar-refractivity contribution is 5.81. The smallest absolute Gasteiger partial charge is 0.181 e. The van der Waals surface area contributed by atoms with Gasteiger partial charge in [-0.3, -0.25) is 4.79 Å². The summed E-state index contributed by atoms with van der Waals surface area (Å²) < 4.78 is 11.6. The number of allylic oxidation sites excluding steroid dienone is 2. The van der Waals surface area contributed by atoms with Crippen LogP contribution in [0.1, 0.15) is 25.7 Å². The Labute approximate surface area is 143 Å². The van der Waals surface area contributed by atoms with E-state index in [1.807, 2.05) is 24.3 Å². The summed E-state index contributed by atoms with van der Waals surface area (Å²) in [7, 11) is 0. The minimum atomic E-state index is 0. The van der Waals surface area contributed by atoms with Crippen molar-refractivity contribution in [1.82, 2.24) is 0 Å². The number of quaternary nitrogens is 1. The number of carbonyl (C=O) groups is 1. The molecule has 1 aromatic rings. The number of hydrogen-bond donors (Lipinski definition) is 1. The van der Waals surface area contributed by atoms with Gasteiger partial charge in [-0.2, -0.15) is 0 Å².